The number of aromatic nitrogens is 1. The molecule has 0 radical (unpaired) electrons. The minimum absolute atomic E-state index is 0.292. The topological polar surface area (TPSA) is 51.2 Å². The van der Waals surface area contributed by atoms with Crippen LogP contribution in [-0.2, 0) is 6.54 Å². The Bertz CT molecular complexity index is 690. The number of aryl methyl sites for hydroxylation is 1. The summed E-state index contributed by atoms with van der Waals surface area (Å²) < 4.78 is 19.0. The summed E-state index contributed by atoms with van der Waals surface area (Å²) in [5.41, 5.74) is 1.94. The lowest BCUT2D eigenvalue weighted by molar-refractivity contribution is 0.0945. The number of hydrogen-bond acceptors (Lipinski definition) is 3. The molecule has 0 saturated heterocycles. The average molecular weight is 381 g/mol. The molecule has 1 heterocycles. The van der Waals surface area contributed by atoms with Crippen molar-refractivity contribution in [3.8, 4) is 5.75 Å². The zero-order chi connectivity index (χ0) is 16.8. The number of hydrogen-bond donors (Lipinski definition) is 1. The molecule has 6 heteroatoms. The van der Waals surface area contributed by atoms with Gasteiger partial charge in [0.15, 0.2) is 0 Å². The van der Waals surface area contributed by atoms with Crippen LogP contribution >= 0.6 is 15.9 Å². The molecule has 0 unspecified atom stereocenters. The first-order valence-electron chi connectivity index (χ1n) is 7.34. The fourth-order valence-electron chi connectivity index (χ4n) is 2.01. The molecule has 1 N–H and O–H groups in total. The van der Waals surface area contributed by atoms with E-state index in [2.05, 4.69) is 26.2 Å². The first kappa shape index (κ1) is 17.4. The van der Waals surface area contributed by atoms with Gasteiger partial charge in [0.1, 0.15) is 21.7 Å². The normalized spacial score (nSPS) is 10.4. The average Bonchev–Trinajstić information content (AvgIpc) is 2.51. The summed E-state index contributed by atoms with van der Waals surface area (Å²) >= 11 is 3.32. The second kappa shape index (κ2) is 8.06. The third-order valence-electron chi connectivity index (χ3n) is 3.12. The van der Waals surface area contributed by atoms with Crippen molar-refractivity contribution in [3.05, 3.63) is 57.6 Å². The highest BCUT2D eigenvalue weighted by Crippen LogP contribution is 2.26. The van der Waals surface area contributed by atoms with Crippen LogP contribution in [0, 0.1) is 12.7 Å². The van der Waals surface area contributed by atoms with Crippen LogP contribution in [0.1, 0.15) is 35.0 Å². The van der Waals surface area contributed by atoms with Crippen molar-refractivity contribution < 1.29 is 13.9 Å². The number of benzene rings is 1. The molecule has 0 aliphatic carbocycles. The summed E-state index contributed by atoms with van der Waals surface area (Å²) in [6, 6.07) is 7.73. The van der Waals surface area contributed by atoms with Gasteiger partial charge in [-0.2, -0.15) is 0 Å². The van der Waals surface area contributed by atoms with Gasteiger partial charge in [-0.25, -0.2) is 9.37 Å². The maximum atomic E-state index is 12.9. The zero-order valence-electron chi connectivity index (χ0n) is 13.0. The van der Waals surface area contributed by atoms with Crippen LogP contribution in [0.5, 0.6) is 5.75 Å². The standard InChI is InChI=1S/C17H18BrFN2O2/c1-3-8-23-14-9-11(2)21-16(18)15(14)17(22)20-10-12-4-6-13(19)7-5-12/h4-7,9H,3,8,10H2,1-2H3,(H,20,22). The van der Waals surface area contributed by atoms with E-state index >= 15 is 0 Å². The second-order valence-electron chi connectivity index (χ2n) is 5.09. The molecule has 1 aromatic carbocycles. The summed E-state index contributed by atoms with van der Waals surface area (Å²) in [6.07, 6.45) is 0.843. The van der Waals surface area contributed by atoms with Crippen LogP contribution in [0.25, 0.3) is 0 Å². The quantitative estimate of drug-likeness (QED) is 0.770. The molecule has 0 aliphatic heterocycles. The van der Waals surface area contributed by atoms with Gasteiger partial charge in [-0.3, -0.25) is 4.79 Å². The SMILES string of the molecule is CCCOc1cc(C)nc(Br)c1C(=O)NCc1ccc(F)cc1. The monoisotopic (exact) mass is 380 g/mol. The van der Waals surface area contributed by atoms with E-state index in [9.17, 15) is 9.18 Å². The van der Waals surface area contributed by atoms with Crippen LogP contribution in [0.15, 0.2) is 34.9 Å². The van der Waals surface area contributed by atoms with E-state index in [1.54, 1.807) is 18.2 Å². The van der Waals surface area contributed by atoms with Crippen molar-refractivity contribution in [2.24, 2.45) is 0 Å². The Morgan fingerprint density at radius 2 is 2.04 bits per heavy atom. The Labute approximate surface area is 143 Å². The second-order valence-corrected chi connectivity index (χ2v) is 5.84. The molecule has 2 aromatic rings. The summed E-state index contributed by atoms with van der Waals surface area (Å²) in [5, 5.41) is 2.80. The van der Waals surface area contributed by atoms with Crippen LogP contribution in [0.3, 0.4) is 0 Å². The molecule has 0 saturated carbocycles. The molecule has 4 nitrogen and oxygen atoms in total. The minimum Gasteiger partial charge on any atom is -0.493 e. The molecule has 0 aliphatic rings. The Balaban J connectivity index is 2.15. The number of nitrogens with one attached hydrogen (secondary N) is 1. The van der Waals surface area contributed by atoms with E-state index < -0.39 is 0 Å². The maximum Gasteiger partial charge on any atom is 0.258 e. The summed E-state index contributed by atoms with van der Waals surface area (Å²) in [6.45, 7) is 4.65. The van der Waals surface area contributed by atoms with Gasteiger partial charge in [0, 0.05) is 18.3 Å². The van der Waals surface area contributed by atoms with Gasteiger partial charge < -0.3 is 10.1 Å². The highest BCUT2D eigenvalue weighted by Gasteiger charge is 2.18. The molecule has 1 aromatic heterocycles. The van der Waals surface area contributed by atoms with Gasteiger partial charge in [0.05, 0.1) is 6.61 Å². The van der Waals surface area contributed by atoms with Crippen molar-refractivity contribution in [1.29, 1.82) is 0 Å². The van der Waals surface area contributed by atoms with Crippen molar-refractivity contribution in [2.45, 2.75) is 26.8 Å². The van der Waals surface area contributed by atoms with E-state index in [-0.39, 0.29) is 11.7 Å². The lowest BCUT2D eigenvalue weighted by Crippen LogP contribution is -2.24. The van der Waals surface area contributed by atoms with Crippen LogP contribution in [-0.4, -0.2) is 17.5 Å². The van der Waals surface area contributed by atoms with Gasteiger partial charge in [0.2, 0.25) is 0 Å². The first-order chi connectivity index (χ1) is 11.0. The van der Waals surface area contributed by atoms with E-state index in [0.717, 1.165) is 17.7 Å². The molecular formula is C17H18BrFN2O2. The number of rotatable bonds is 6. The van der Waals surface area contributed by atoms with Gasteiger partial charge in [-0.05, 0) is 47.0 Å². The molecule has 122 valence electrons. The first-order valence-corrected chi connectivity index (χ1v) is 8.13. The molecule has 0 spiro atoms. The number of ether oxygens (including phenoxy) is 1. The summed E-state index contributed by atoms with van der Waals surface area (Å²) in [5.74, 6) is -0.0940. The largest absolute Gasteiger partial charge is 0.493 e. The van der Waals surface area contributed by atoms with E-state index in [4.69, 9.17) is 4.74 Å². The Morgan fingerprint density at radius 1 is 1.35 bits per heavy atom. The molecule has 0 fully saturated rings. The van der Waals surface area contributed by atoms with Crippen molar-refractivity contribution >= 4 is 21.8 Å². The summed E-state index contributed by atoms with van der Waals surface area (Å²) in [4.78, 5) is 16.7. The summed E-state index contributed by atoms with van der Waals surface area (Å²) in [7, 11) is 0. The molecule has 1 amide bonds. The minimum atomic E-state index is -0.305. The number of carbonyl (C=O) groups is 1. The maximum absolute atomic E-state index is 12.9. The highest BCUT2D eigenvalue weighted by atomic mass is 79.9. The third kappa shape index (κ3) is 4.76. The number of pyridine rings is 1. The lowest BCUT2D eigenvalue weighted by Gasteiger charge is -2.13. The molecular weight excluding hydrogens is 363 g/mol. The Kier molecular flexibility index (Phi) is 6.10. The fourth-order valence-corrected chi connectivity index (χ4v) is 2.67. The van der Waals surface area contributed by atoms with E-state index in [0.29, 0.717) is 29.1 Å². The highest BCUT2D eigenvalue weighted by molar-refractivity contribution is 9.10. The molecule has 0 bridgehead atoms. The van der Waals surface area contributed by atoms with E-state index in [1.807, 2.05) is 13.8 Å². The molecule has 2 rings (SSSR count). The lowest BCUT2D eigenvalue weighted by atomic mass is 10.2. The fraction of sp³-hybridized carbons (Fsp3) is 0.294. The third-order valence-corrected chi connectivity index (χ3v) is 3.70. The van der Waals surface area contributed by atoms with Crippen LogP contribution in [0.4, 0.5) is 4.39 Å². The number of carbonyl (C=O) groups excluding carboxylic acids is 1. The van der Waals surface area contributed by atoms with Gasteiger partial charge in [-0.15, -0.1) is 0 Å². The Hall–Kier alpha value is -1.95. The van der Waals surface area contributed by atoms with Gasteiger partial charge in [0.25, 0.3) is 5.91 Å². The molecule has 0 atom stereocenters. The van der Waals surface area contributed by atoms with Crippen LogP contribution in [0.2, 0.25) is 0 Å². The van der Waals surface area contributed by atoms with Gasteiger partial charge >= 0.3 is 0 Å². The van der Waals surface area contributed by atoms with Crippen LogP contribution < -0.4 is 10.1 Å². The number of amides is 1. The van der Waals surface area contributed by atoms with Crippen molar-refractivity contribution in [1.82, 2.24) is 10.3 Å². The van der Waals surface area contributed by atoms with E-state index in [1.165, 1.54) is 12.1 Å². The number of halogens is 2. The Morgan fingerprint density at radius 3 is 2.70 bits per heavy atom. The van der Waals surface area contributed by atoms with Gasteiger partial charge in [-0.1, -0.05) is 19.1 Å². The van der Waals surface area contributed by atoms with Crippen molar-refractivity contribution in [3.63, 3.8) is 0 Å². The molecule has 23 heavy (non-hydrogen) atoms. The predicted octanol–water partition coefficient (Wildman–Crippen LogP) is 4.01. The predicted molar refractivity (Wildman–Crippen MR) is 90.0 cm³/mol. The number of nitrogens with zero attached hydrogens (tertiary/aromatic N) is 1. The van der Waals surface area contributed by atoms with Crippen molar-refractivity contribution in [2.75, 3.05) is 6.61 Å². The smallest absolute Gasteiger partial charge is 0.258 e. The zero-order valence-corrected chi connectivity index (χ0v) is 14.6.